The second-order valence-electron chi connectivity index (χ2n) is 5.03. The van der Waals surface area contributed by atoms with Gasteiger partial charge in [-0.3, -0.25) is 4.79 Å². The SMILES string of the molecule is COC(=O)c1ccc2c(c1)CN(c1ccccc1F)C(=O)CO2. The summed E-state index contributed by atoms with van der Waals surface area (Å²) >= 11 is 0. The number of carbonyl (C=O) groups is 2. The fourth-order valence-electron chi connectivity index (χ4n) is 2.45. The maximum absolute atomic E-state index is 14.0. The Morgan fingerprint density at radius 2 is 2.04 bits per heavy atom. The van der Waals surface area contributed by atoms with Crippen LogP contribution in [0.5, 0.6) is 5.75 Å². The lowest BCUT2D eigenvalue weighted by Crippen LogP contribution is -2.32. The summed E-state index contributed by atoms with van der Waals surface area (Å²) < 4.78 is 24.2. The number of hydrogen-bond acceptors (Lipinski definition) is 4. The zero-order valence-corrected chi connectivity index (χ0v) is 12.4. The first-order chi connectivity index (χ1) is 11.1. The highest BCUT2D eigenvalue weighted by atomic mass is 19.1. The molecule has 0 saturated heterocycles. The summed E-state index contributed by atoms with van der Waals surface area (Å²) in [6.45, 7) is -0.0845. The Bertz CT molecular complexity index is 775. The summed E-state index contributed by atoms with van der Waals surface area (Å²) in [7, 11) is 1.29. The second kappa shape index (κ2) is 6.08. The number of fused-ring (bicyclic) bond motifs is 1. The molecule has 118 valence electrons. The predicted molar refractivity (Wildman–Crippen MR) is 80.9 cm³/mol. The van der Waals surface area contributed by atoms with E-state index in [1.807, 2.05) is 0 Å². The Kier molecular flexibility index (Phi) is 3.97. The number of carbonyl (C=O) groups excluding carboxylic acids is 2. The molecule has 0 atom stereocenters. The van der Waals surface area contributed by atoms with Crippen molar-refractivity contribution in [3.8, 4) is 5.75 Å². The largest absolute Gasteiger partial charge is 0.483 e. The van der Waals surface area contributed by atoms with Crippen LogP contribution >= 0.6 is 0 Å². The molecule has 2 aromatic carbocycles. The molecule has 0 aromatic heterocycles. The Labute approximate surface area is 132 Å². The lowest BCUT2D eigenvalue weighted by atomic mass is 10.1. The minimum Gasteiger partial charge on any atom is -0.483 e. The van der Waals surface area contributed by atoms with Gasteiger partial charge < -0.3 is 14.4 Å². The number of para-hydroxylation sites is 1. The van der Waals surface area contributed by atoms with E-state index in [1.54, 1.807) is 30.3 Å². The van der Waals surface area contributed by atoms with Gasteiger partial charge in [-0.15, -0.1) is 0 Å². The quantitative estimate of drug-likeness (QED) is 0.799. The highest BCUT2D eigenvalue weighted by molar-refractivity contribution is 5.95. The maximum atomic E-state index is 14.0. The van der Waals surface area contributed by atoms with Crippen molar-refractivity contribution in [2.75, 3.05) is 18.6 Å². The fourth-order valence-corrected chi connectivity index (χ4v) is 2.45. The summed E-state index contributed by atoms with van der Waals surface area (Å²) in [6.07, 6.45) is 0. The average molecular weight is 315 g/mol. The van der Waals surface area contributed by atoms with E-state index in [-0.39, 0.29) is 24.7 Å². The van der Waals surface area contributed by atoms with Gasteiger partial charge >= 0.3 is 5.97 Å². The molecule has 0 aliphatic carbocycles. The predicted octanol–water partition coefficient (Wildman–Crippen LogP) is 2.54. The zero-order valence-electron chi connectivity index (χ0n) is 12.4. The second-order valence-corrected chi connectivity index (χ2v) is 5.03. The molecule has 2 aromatic rings. The van der Waals surface area contributed by atoms with E-state index in [2.05, 4.69) is 4.74 Å². The van der Waals surface area contributed by atoms with Crippen LogP contribution in [0.15, 0.2) is 42.5 Å². The molecular weight excluding hydrogens is 301 g/mol. The monoisotopic (exact) mass is 315 g/mol. The van der Waals surface area contributed by atoms with Crippen LogP contribution in [0, 0.1) is 5.82 Å². The molecule has 0 saturated carbocycles. The van der Waals surface area contributed by atoms with Crippen molar-refractivity contribution in [2.24, 2.45) is 0 Å². The van der Waals surface area contributed by atoms with E-state index in [0.717, 1.165) is 0 Å². The molecule has 23 heavy (non-hydrogen) atoms. The van der Waals surface area contributed by atoms with Crippen LogP contribution < -0.4 is 9.64 Å². The first-order valence-electron chi connectivity index (χ1n) is 6.99. The molecule has 0 N–H and O–H groups in total. The lowest BCUT2D eigenvalue weighted by molar-refractivity contribution is -0.120. The van der Waals surface area contributed by atoms with Gasteiger partial charge in [-0.05, 0) is 30.3 Å². The van der Waals surface area contributed by atoms with Crippen molar-refractivity contribution in [3.63, 3.8) is 0 Å². The maximum Gasteiger partial charge on any atom is 0.337 e. The number of halogens is 1. The first kappa shape index (κ1) is 15.0. The smallest absolute Gasteiger partial charge is 0.337 e. The number of anilines is 1. The van der Waals surface area contributed by atoms with Crippen molar-refractivity contribution in [2.45, 2.75) is 6.54 Å². The standard InChI is InChI=1S/C17H14FNO4/c1-22-17(21)11-6-7-15-12(8-11)9-19(16(20)10-23-15)14-5-3-2-4-13(14)18/h2-8H,9-10H2,1H3. The minimum absolute atomic E-state index is 0.111. The summed E-state index contributed by atoms with van der Waals surface area (Å²) in [5, 5.41) is 0. The van der Waals surface area contributed by atoms with E-state index in [1.165, 1.54) is 24.1 Å². The molecule has 1 heterocycles. The van der Waals surface area contributed by atoms with Crippen molar-refractivity contribution in [3.05, 3.63) is 59.4 Å². The Morgan fingerprint density at radius 1 is 1.26 bits per heavy atom. The van der Waals surface area contributed by atoms with E-state index in [0.29, 0.717) is 16.9 Å². The molecule has 0 bridgehead atoms. The Morgan fingerprint density at radius 3 is 2.78 bits per heavy atom. The molecular formula is C17H14FNO4. The lowest BCUT2D eigenvalue weighted by Gasteiger charge is -2.20. The van der Waals surface area contributed by atoms with Crippen LogP contribution in [-0.2, 0) is 16.1 Å². The zero-order chi connectivity index (χ0) is 16.4. The van der Waals surface area contributed by atoms with Crippen LogP contribution in [-0.4, -0.2) is 25.6 Å². The third-order valence-corrected chi connectivity index (χ3v) is 3.61. The van der Waals surface area contributed by atoms with E-state index in [4.69, 9.17) is 4.74 Å². The average Bonchev–Trinajstić information content (AvgIpc) is 2.73. The topological polar surface area (TPSA) is 55.8 Å². The third kappa shape index (κ3) is 2.88. The molecule has 0 radical (unpaired) electrons. The van der Waals surface area contributed by atoms with Crippen LogP contribution in [0.4, 0.5) is 10.1 Å². The summed E-state index contributed by atoms with van der Waals surface area (Å²) in [6, 6.07) is 10.8. The van der Waals surface area contributed by atoms with Crippen molar-refractivity contribution in [1.29, 1.82) is 0 Å². The molecule has 5 nitrogen and oxygen atoms in total. The third-order valence-electron chi connectivity index (χ3n) is 3.61. The van der Waals surface area contributed by atoms with Gasteiger partial charge in [0.2, 0.25) is 0 Å². The molecule has 0 unspecified atom stereocenters. The normalized spacial score (nSPS) is 13.8. The van der Waals surface area contributed by atoms with Gasteiger partial charge in [-0.2, -0.15) is 0 Å². The molecule has 3 rings (SSSR count). The number of esters is 1. The van der Waals surface area contributed by atoms with E-state index in [9.17, 15) is 14.0 Å². The van der Waals surface area contributed by atoms with Gasteiger partial charge in [0.05, 0.1) is 24.9 Å². The summed E-state index contributed by atoms with van der Waals surface area (Å²) in [5.74, 6) is -0.843. The van der Waals surface area contributed by atoms with E-state index < -0.39 is 11.8 Å². The number of hydrogen-bond donors (Lipinski definition) is 0. The molecule has 0 spiro atoms. The van der Waals surface area contributed by atoms with Gasteiger partial charge in [-0.1, -0.05) is 12.1 Å². The van der Waals surface area contributed by atoms with Crippen molar-refractivity contribution < 1.29 is 23.5 Å². The number of nitrogens with zero attached hydrogens (tertiary/aromatic N) is 1. The van der Waals surface area contributed by atoms with Crippen molar-refractivity contribution in [1.82, 2.24) is 0 Å². The number of amides is 1. The summed E-state index contributed by atoms with van der Waals surface area (Å²) in [5.41, 5.74) is 1.14. The number of rotatable bonds is 2. The molecule has 0 fully saturated rings. The van der Waals surface area contributed by atoms with Crippen LogP contribution in [0.2, 0.25) is 0 Å². The molecule has 1 aliphatic rings. The van der Waals surface area contributed by atoms with E-state index >= 15 is 0 Å². The van der Waals surface area contributed by atoms with Crippen LogP contribution in [0.25, 0.3) is 0 Å². The number of ether oxygens (including phenoxy) is 2. The fraction of sp³-hybridized carbons (Fsp3) is 0.176. The Hall–Kier alpha value is -2.89. The first-order valence-corrected chi connectivity index (χ1v) is 6.99. The van der Waals surface area contributed by atoms with Gasteiger partial charge in [-0.25, -0.2) is 9.18 Å². The van der Waals surface area contributed by atoms with Gasteiger partial charge in [0, 0.05) is 5.56 Å². The highest BCUT2D eigenvalue weighted by Gasteiger charge is 2.25. The van der Waals surface area contributed by atoms with Gasteiger partial charge in [0.15, 0.2) is 6.61 Å². The number of benzene rings is 2. The minimum atomic E-state index is -0.492. The van der Waals surface area contributed by atoms with Gasteiger partial charge in [0.25, 0.3) is 5.91 Å². The van der Waals surface area contributed by atoms with Gasteiger partial charge in [0.1, 0.15) is 11.6 Å². The number of methoxy groups -OCH3 is 1. The van der Waals surface area contributed by atoms with Crippen LogP contribution in [0.1, 0.15) is 15.9 Å². The summed E-state index contributed by atoms with van der Waals surface area (Å²) in [4.78, 5) is 25.2. The molecule has 6 heteroatoms. The molecule has 1 aliphatic heterocycles. The Balaban J connectivity index is 2.01. The van der Waals surface area contributed by atoms with Crippen LogP contribution in [0.3, 0.4) is 0 Å². The van der Waals surface area contributed by atoms with Crippen molar-refractivity contribution >= 4 is 17.6 Å². The molecule has 1 amide bonds. The highest BCUT2D eigenvalue weighted by Crippen LogP contribution is 2.29.